The highest BCUT2D eigenvalue weighted by molar-refractivity contribution is 5.93. The van der Waals surface area contributed by atoms with Crippen LogP contribution in [0.4, 0.5) is 0 Å². The number of hydrogen-bond donors (Lipinski definition) is 0. The normalized spacial score (nSPS) is 18.4. The average molecular weight is 150 g/mol. The molecule has 0 aliphatic heterocycles. The van der Waals surface area contributed by atoms with Gasteiger partial charge in [-0.15, -0.1) is 0 Å². The van der Waals surface area contributed by atoms with E-state index in [1.165, 1.54) is 11.1 Å². The van der Waals surface area contributed by atoms with Crippen LogP contribution >= 0.6 is 0 Å². The zero-order valence-corrected chi connectivity index (χ0v) is 7.35. The second kappa shape index (κ2) is 3.04. The molecule has 0 amide bonds. The molecule has 60 valence electrons. The summed E-state index contributed by atoms with van der Waals surface area (Å²) in [5.41, 5.74) is 2.55. The molecule has 0 radical (unpaired) electrons. The van der Waals surface area contributed by atoms with Gasteiger partial charge in [0.2, 0.25) is 0 Å². The van der Waals surface area contributed by atoms with Crippen LogP contribution in [0.2, 0.25) is 0 Å². The van der Waals surface area contributed by atoms with Gasteiger partial charge in [-0.1, -0.05) is 25.5 Å². The van der Waals surface area contributed by atoms with E-state index in [1.807, 2.05) is 13.0 Å². The summed E-state index contributed by atoms with van der Waals surface area (Å²) in [7, 11) is 0. The van der Waals surface area contributed by atoms with Crippen molar-refractivity contribution in [2.24, 2.45) is 5.92 Å². The van der Waals surface area contributed by atoms with E-state index in [0.717, 1.165) is 0 Å². The van der Waals surface area contributed by atoms with E-state index < -0.39 is 0 Å². The smallest absolute Gasteiger partial charge is 0.159 e. The van der Waals surface area contributed by atoms with Crippen molar-refractivity contribution in [1.82, 2.24) is 0 Å². The lowest BCUT2D eigenvalue weighted by Crippen LogP contribution is -2.05. The van der Waals surface area contributed by atoms with E-state index in [1.54, 1.807) is 6.08 Å². The van der Waals surface area contributed by atoms with Crippen LogP contribution in [0, 0.1) is 5.92 Å². The predicted octanol–water partition coefficient (Wildman–Crippen LogP) is 2.49. The third-order valence-corrected chi connectivity index (χ3v) is 2.00. The standard InChI is InChI=1S/C10H14O/c1-7(2)10-5-4-9(11)6-8(10)3/h4-5,7H,6H2,1-3H3. The zero-order chi connectivity index (χ0) is 8.43. The lowest BCUT2D eigenvalue weighted by atomic mass is 9.91. The fourth-order valence-corrected chi connectivity index (χ4v) is 1.43. The predicted molar refractivity (Wildman–Crippen MR) is 46.3 cm³/mol. The topological polar surface area (TPSA) is 17.1 Å². The first-order valence-corrected chi connectivity index (χ1v) is 4.02. The van der Waals surface area contributed by atoms with Gasteiger partial charge in [0, 0.05) is 6.42 Å². The number of ketones is 1. The van der Waals surface area contributed by atoms with Gasteiger partial charge >= 0.3 is 0 Å². The van der Waals surface area contributed by atoms with Crippen LogP contribution in [-0.2, 0) is 4.79 Å². The molecule has 0 aromatic carbocycles. The van der Waals surface area contributed by atoms with Gasteiger partial charge in [0.1, 0.15) is 0 Å². The molecule has 0 saturated carbocycles. The quantitative estimate of drug-likeness (QED) is 0.561. The minimum Gasteiger partial charge on any atom is -0.294 e. The largest absolute Gasteiger partial charge is 0.294 e. The van der Waals surface area contributed by atoms with Crippen molar-refractivity contribution in [2.75, 3.05) is 0 Å². The number of hydrogen-bond acceptors (Lipinski definition) is 1. The molecule has 1 nitrogen and oxygen atoms in total. The first-order valence-electron chi connectivity index (χ1n) is 4.02. The maximum atomic E-state index is 10.9. The van der Waals surface area contributed by atoms with Crippen LogP contribution in [0.1, 0.15) is 27.2 Å². The lowest BCUT2D eigenvalue weighted by Gasteiger charge is -2.14. The number of carbonyl (C=O) groups excluding carboxylic acids is 1. The first-order chi connectivity index (χ1) is 5.11. The molecule has 0 fully saturated rings. The fourth-order valence-electron chi connectivity index (χ4n) is 1.43. The number of carbonyl (C=O) groups is 1. The zero-order valence-electron chi connectivity index (χ0n) is 7.35. The van der Waals surface area contributed by atoms with Crippen LogP contribution in [0.5, 0.6) is 0 Å². The summed E-state index contributed by atoms with van der Waals surface area (Å²) in [5.74, 6) is 0.770. The molecule has 0 bridgehead atoms. The lowest BCUT2D eigenvalue weighted by molar-refractivity contribution is -0.114. The summed E-state index contributed by atoms with van der Waals surface area (Å²) >= 11 is 0. The van der Waals surface area contributed by atoms with E-state index in [4.69, 9.17) is 0 Å². The molecule has 0 spiro atoms. The van der Waals surface area contributed by atoms with E-state index in [-0.39, 0.29) is 5.78 Å². The van der Waals surface area contributed by atoms with Gasteiger partial charge in [-0.2, -0.15) is 0 Å². The van der Waals surface area contributed by atoms with Crippen molar-refractivity contribution in [3.63, 3.8) is 0 Å². The van der Waals surface area contributed by atoms with Crippen LogP contribution in [0.3, 0.4) is 0 Å². The SMILES string of the molecule is CC1=C(C(C)C)C=CC(=O)C1. The van der Waals surface area contributed by atoms with Gasteiger partial charge < -0.3 is 0 Å². The van der Waals surface area contributed by atoms with E-state index in [0.29, 0.717) is 12.3 Å². The molecular weight excluding hydrogens is 136 g/mol. The van der Waals surface area contributed by atoms with E-state index in [9.17, 15) is 4.79 Å². The van der Waals surface area contributed by atoms with Crippen molar-refractivity contribution in [1.29, 1.82) is 0 Å². The minimum absolute atomic E-state index is 0.229. The molecule has 1 aliphatic carbocycles. The molecule has 0 aromatic heterocycles. The molecule has 0 aromatic rings. The number of allylic oxidation sites excluding steroid dienone is 4. The minimum atomic E-state index is 0.229. The van der Waals surface area contributed by atoms with Gasteiger partial charge in [-0.05, 0) is 24.5 Å². The maximum Gasteiger partial charge on any atom is 0.159 e. The van der Waals surface area contributed by atoms with Crippen LogP contribution in [-0.4, -0.2) is 5.78 Å². The molecule has 1 rings (SSSR count). The Morgan fingerprint density at radius 3 is 2.45 bits per heavy atom. The Labute approximate surface area is 67.8 Å². The first kappa shape index (κ1) is 8.25. The van der Waals surface area contributed by atoms with Crippen LogP contribution < -0.4 is 0 Å². The summed E-state index contributed by atoms with van der Waals surface area (Å²) in [6, 6.07) is 0. The van der Waals surface area contributed by atoms with Crippen LogP contribution in [0.15, 0.2) is 23.3 Å². The molecule has 11 heavy (non-hydrogen) atoms. The molecule has 0 unspecified atom stereocenters. The van der Waals surface area contributed by atoms with Gasteiger partial charge in [0.05, 0.1) is 0 Å². The van der Waals surface area contributed by atoms with Crippen molar-refractivity contribution < 1.29 is 4.79 Å². The molecule has 1 heteroatoms. The van der Waals surface area contributed by atoms with Gasteiger partial charge in [-0.3, -0.25) is 4.79 Å². The second-order valence-electron chi connectivity index (χ2n) is 3.37. The summed E-state index contributed by atoms with van der Waals surface area (Å²) < 4.78 is 0. The Morgan fingerprint density at radius 1 is 1.36 bits per heavy atom. The third-order valence-electron chi connectivity index (χ3n) is 2.00. The van der Waals surface area contributed by atoms with E-state index in [2.05, 4.69) is 13.8 Å². The molecule has 0 N–H and O–H groups in total. The van der Waals surface area contributed by atoms with Crippen LogP contribution in [0.25, 0.3) is 0 Å². The Hall–Kier alpha value is -0.850. The molecule has 0 saturated heterocycles. The molecule has 0 heterocycles. The fraction of sp³-hybridized carbons (Fsp3) is 0.500. The Morgan fingerprint density at radius 2 is 2.00 bits per heavy atom. The summed E-state index contributed by atoms with van der Waals surface area (Å²) in [5, 5.41) is 0. The van der Waals surface area contributed by atoms with Crippen molar-refractivity contribution >= 4 is 5.78 Å². The van der Waals surface area contributed by atoms with E-state index >= 15 is 0 Å². The highest BCUT2D eigenvalue weighted by Gasteiger charge is 2.11. The van der Waals surface area contributed by atoms with Gasteiger partial charge in [0.25, 0.3) is 0 Å². The maximum absolute atomic E-state index is 10.9. The summed E-state index contributed by atoms with van der Waals surface area (Å²) in [4.78, 5) is 10.9. The Bertz CT molecular complexity index is 231. The monoisotopic (exact) mass is 150 g/mol. The highest BCUT2D eigenvalue weighted by atomic mass is 16.1. The summed E-state index contributed by atoms with van der Waals surface area (Å²) in [6.07, 6.45) is 4.25. The highest BCUT2D eigenvalue weighted by Crippen LogP contribution is 2.22. The molecule has 1 aliphatic rings. The third kappa shape index (κ3) is 1.79. The summed E-state index contributed by atoms with van der Waals surface area (Å²) in [6.45, 7) is 6.34. The molecule has 0 atom stereocenters. The second-order valence-corrected chi connectivity index (χ2v) is 3.37. The number of rotatable bonds is 1. The van der Waals surface area contributed by atoms with Gasteiger partial charge in [-0.25, -0.2) is 0 Å². The average Bonchev–Trinajstić information content (AvgIpc) is 1.85. The van der Waals surface area contributed by atoms with Crippen molar-refractivity contribution in [3.8, 4) is 0 Å². The molecular formula is C10H14O. The van der Waals surface area contributed by atoms with Crippen molar-refractivity contribution in [2.45, 2.75) is 27.2 Å². The van der Waals surface area contributed by atoms with Gasteiger partial charge in [0.15, 0.2) is 5.78 Å². The van der Waals surface area contributed by atoms with Crippen molar-refractivity contribution in [3.05, 3.63) is 23.3 Å². The Balaban J connectivity index is 2.88. The Kier molecular flexibility index (Phi) is 2.28.